The van der Waals surface area contributed by atoms with Crippen LogP contribution in [-0.2, 0) is 0 Å². The van der Waals surface area contributed by atoms with Crippen LogP contribution in [0.3, 0.4) is 0 Å². The van der Waals surface area contributed by atoms with E-state index in [2.05, 4.69) is 16.9 Å². The van der Waals surface area contributed by atoms with E-state index in [1.54, 1.807) is 11.1 Å². The van der Waals surface area contributed by atoms with Gasteiger partial charge in [0.25, 0.3) is 5.91 Å². The highest BCUT2D eigenvalue weighted by Gasteiger charge is 2.27. The van der Waals surface area contributed by atoms with Gasteiger partial charge < -0.3 is 10.6 Å². The molecule has 5 nitrogen and oxygen atoms in total. The fourth-order valence-corrected chi connectivity index (χ4v) is 2.79. The molecular weight excluding hydrogens is 252 g/mol. The Morgan fingerprint density at radius 1 is 1.30 bits per heavy atom. The van der Waals surface area contributed by atoms with Crippen LogP contribution in [0.25, 0.3) is 11.0 Å². The summed E-state index contributed by atoms with van der Waals surface area (Å²) in [7, 11) is 0. The number of hydrogen-bond acceptors (Lipinski definition) is 4. The molecular formula is C15H18N4O. The minimum atomic E-state index is -0.0785. The van der Waals surface area contributed by atoms with Crippen molar-refractivity contribution in [3.05, 3.63) is 36.2 Å². The minimum Gasteiger partial charge on any atom is -0.335 e. The number of carbonyl (C=O) groups is 1. The van der Waals surface area contributed by atoms with Gasteiger partial charge in [-0.1, -0.05) is 19.1 Å². The summed E-state index contributed by atoms with van der Waals surface area (Å²) in [5.41, 5.74) is 7.93. The quantitative estimate of drug-likeness (QED) is 0.851. The normalized spacial score (nSPS) is 23.0. The van der Waals surface area contributed by atoms with E-state index in [0.717, 1.165) is 24.0 Å². The van der Waals surface area contributed by atoms with Crippen molar-refractivity contribution in [1.29, 1.82) is 0 Å². The molecule has 1 fully saturated rings. The summed E-state index contributed by atoms with van der Waals surface area (Å²) >= 11 is 0. The van der Waals surface area contributed by atoms with Gasteiger partial charge in [-0.05, 0) is 24.5 Å². The zero-order valence-electron chi connectivity index (χ0n) is 11.5. The molecule has 2 unspecified atom stereocenters. The molecule has 2 aromatic rings. The van der Waals surface area contributed by atoms with Crippen LogP contribution in [-0.4, -0.2) is 39.9 Å². The molecule has 0 spiro atoms. The Labute approximate surface area is 117 Å². The Kier molecular flexibility index (Phi) is 3.36. The number of hydrogen-bond donors (Lipinski definition) is 1. The van der Waals surface area contributed by atoms with Gasteiger partial charge in [0, 0.05) is 19.1 Å². The van der Waals surface area contributed by atoms with Gasteiger partial charge in [0.15, 0.2) is 0 Å². The van der Waals surface area contributed by atoms with E-state index in [0.29, 0.717) is 18.2 Å². The zero-order valence-corrected chi connectivity index (χ0v) is 11.5. The van der Waals surface area contributed by atoms with Crippen LogP contribution in [0, 0.1) is 5.92 Å². The second-order valence-electron chi connectivity index (χ2n) is 5.56. The van der Waals surface area contributed by atoms with Crippen LogP contribution in [0.2, 0.25) is 0 Å². The van der Waals surface area contributed by atoms with Gasteiger partial charge in [-0.15, -0.1) is 0 Å². The predicted molar refractivity (Wildman–Crippen MR) is 77.2 cm³/mol. The number of amides is 1. The second kappa shape index (κ2) is 5.17. The molecule has 0 radical (unpaired) electrons. The number of fused-ring (bicyclic) bond motifs is 1. The first-order valence-corrected chi connectivity index (χ1v) is 6.90. The molecule has 2 heterocycles. The highest BCUT2D eigenvalue weighted by molar-refractivity contribution is 5.93. The lowest BCUT2D eigenvalue weighted by Crippen LogP contribution is -2.49. The van der Waals surface area contributed by atoms with Crippen LogP contribution >= 0.6 is 0 Å². The van der Waals surface area contributed by atoms with E-state index in [-0.39, 0.29) is 11.9 Å². The topological polar surface area (TPSA) is 72.1 Å². The van der Waals surface area contributed by atoms with Gasteiger partial charge in [-0.2, -0.15) is 0 Å². The van der Waals surface area contributed by atoms with E-state index in [9.17, 15) is 4.79 Å². The molecule has 1 amide bonds. The maximum atomic E-state index is 12.5. The Morgan fingerprint density at radius 2 is 2.05 bits per heavy atom. The minimum absolute atomic E-state index is 0.0520. The molecule has 0 aliphatic carbocycles. The molecule has 2 atom stereocenters. The Hall–Kier alpha value is -2.01. The van der Waals surface area contributed by atoms with Crippen LogP contribution < -0.4 is 5.73 Å². The van der Waals surface area contributed by atoms with Gasteiger partial charge in [-0.3, -0.25) is 9.78 Å². The summed E-state index contributed by atoms with van der Waals surface area (Å²) < 4.78 is 0. The van der Waals surface area contributed by atoms with Gasteiger partial charge >= 0.3 is 0 Å². The first-order valence-electron chi connectivity index (χ1n) is 6.90. The maximum absolute atomic E-state index is 12.5. The molecule has 20 heavy (non-hydrogen) atoms. The molecule has 3 rings (SSSR count). The fourth-order valence-electron chi connectivity index (χ4n) is 2.79. The number of likely N-dealkylation sites (tertiary alicyclic amines) is 1. The van der Waals surface area contributed by atoms with Gasteiger partial charge in [0.1, 0.15) is 5.69 Å². The molecule has 5 heteroatoms. The summed E-state index contributed by atoms with van der Waals surface area (Å²) in [5, 5.41) is 0. The zero-order chi connectivity index (χ0) is 14.1. The summed E-state index contributed by atoms with van der Waals surface area (Å²) in [6, 6.07) is 7.60. The Balaban J connectivity index is 1.88. The van der Waals surface area contributed by atoms with Gasteiger partial charge in [0.2, 0.25) is 0 Å². The first kappa shape index (κ1) is 13.0. The summed E-state index contributed by atoms with van der Waals surface area (Å²) in [6.07, 6.45) is 2.52. The smallest absolute Gasteiger partial charge is 0.274 e. The van der Waals surface area contributed by atoms with E-state index in [4.69, 9.17) is 5.73 Å². The largest absolute Gasteiger partial charge is 0.335 e. The number of carbonyl (C=O) groups excluding carboxylic acids is 1. The first-order chi connectivity index (χ1) is 9.63. The van der Waals surface area contributed by atoms with Crippen LogP contribution in [0.15, 0.2) is 30.5 Å². The summed E-state index contributed by atoms with van der Waals surface area (Å²) in [5.74, 6) is 0.348. The molecule has 0 saturated carbocycles. The van der Waals surface area contributed by atoms with Crippen LogP contribution in [0.5, 0.6) is 0 Å². The number of benzene rings is 1. The molecule has 104 valence electrons. The van der Waals surface area contributed by atoms with Gasteiger partial charge in [0.05, 0.1) is 17.2 Å². The van der Waals surface area contributed by atoms with Crippen LogP contribution in [0.1, 0.15) is 23.8 Å². The molecule has 1 aliphatic heterocycles. The number of para-hydroxylation sites is 2. The number of rotatable bonds is 1. The van der Waals surface area contributed by atoms with Crippen molar-refractivity contribution in [2.75, 3.05) is 13.1 Å². The third-order valence-electron chi connectivity index (χ3n) is 3.65. The van der Waals surface area contributed by atoms with Crippen molar-refractivity contribution < 1.29 is 4.79 Å². The fraction of sp³-hybridized carbons (Fsp3) is 0.400. The monoisotopic (exact) mass is 270 g/mol. The molecule has 1 aliphatic rings. The number of piperidine rings is 1. The summed E-state index contributed by atoms with van der Waals surface area (Å²) in [6.45, 7) is 3.45. The van der Waals surface area contributed by atoms with E-state index < -0.39 is 0 Å². The van der Waals surface area contributed by atoms with Crippen molar-refractivity contribution in [2.45, 2.75) is 19.4 Å². The highest BCUT2D eigenvalue weighted by atomic mass is 16.2. The molecule has 1 saturated heterocycles. The van der Waals surface area contributed by atoms with Crippen molar-refractivity contribution in [3.63, 3.8) is 0 Å². The highest BCUT2D eigenvalue weighted by Crippen LogP contribution is 2.17. The van der Waals surface area contributed by atoms with Crippen molar-refractivity contribution in [2.24, 2.45) is 11.7 Å². The standard InChI is InChI=1S/C15H18N4O/c1-10-6-11(16)9-19(8-10)15(20)14-7-17-12-4-2-3-5-13(12)18-14/h2-5,7,10-11H,6,8-9,16H2,1H3. The third-order valence-corrected chi connectivity index (χ3v) is 3.65. The summed E-state index contributed by atoms with van der Waals surface area (Å²) in [4.78, 5) is 23.0. The molecule has 1 aromatic carbocycles. The van der Waals surface area contributed by atoms with Crippen molar-refractivity contribution in [1.82, 2.24) is 14.9 Å². The SMILES string of the molecule is CC1CC(N)CN(C(=O)c2cnc3ccccc3n2)C1. The molecule has 1 aromatic heterocycles. The molecule has 2 N–H and O–H groups in total. The lowest BCUT2D eigenvalue weighted by Gasteiger charge is -2.34. The lowest BCUT2D eigenvalue weighted by molar-refractivity contribution is 0.0655. The van der Waals surface area contributed by atoms with E-state index >= 15 is 0 Å². The maximum Gasteiger partial charge on any atom is 0.274 e. The third kappa shape index (κ3) is 2.49. The molecule has 0 bridgehead atoms. The second-order valence-corrected chi connectivity index (χ2v) is 5.56. The average Bonchev–Trinajstić information content (AvgIpc) is 2.45. The lowest BCUT2D eigenvalue weighted by atomic mass is 9.96. The van der Waals surface area contributed by atoms with E-state index in [1.165, 1.54) is 0 Å². The Bertz CT molecular complexity index is 633. The van der Waals surface area contributed by atoms with E-state index in [1.807, 2.05) is 24.3 Å². The van der Waals surface area contributed by atoms with Crippen molar-refractivity contribution in [3.8, 4) is 0 Å². The predicted octanol–water partition coefficient (Wildman–Crippen LogP) is 1.44. The number of nitrogens with two attached hydrogens (primary N) is 1. The van der Waals surface area contributed by atoms with Crippen molar-refractivity contribution >= 4 is 16.9 Å². The number of aromatic nitrogens is 2. The number of nitrogens with zero attached hydrogens (tertiary/aromatic N) is 3. The van der Waals surface area contributed by atoms with Gasteiger partial charge in [-0.25, -0.2) is 4.98 Å². The average molecular weight is 270 g/mol. The van der Waals surface area contributed by atoms with Crippen LogP contribution in [0.4, 0.5) is 0 Å². The Morgan fingerprint density at radius 3 is 2.80 bits per heavy atom.